The van der Waals surface area contributed by atoms with E-state index in [2.05, 4.69) is 130 Å². The van der Waals surface area contributed by atoms with Crippen LogP contribution in [-0.4, -0.2) is 37.2 Å². The molecule has 0 N–H and O–H groups in total. The van der Waals surface area contributed by atoms with Crippen molar-refractivity contribution in [2.24, 2.45) is 0 Å². The predicted octanol–water partition coefficient (Wildman–Crippen LogP) is 21.4. The Hall–Kier alpha value is -3.93. The van der Waals surface area contributed by atoms with E-state index in [1.165, 1.54) is 141 Å². The van der Waals surface area contributed by atoms with E-state index in [9.17, 15) is 14.4 Å². The number of unbranched alkanes of at least 4 members (excludes halogenated alkanes) is 27. The minimum atomic E-state index is -0.800. The lowest BCUT2D eigenvalue weighted by Crippen LogP contribution is -2.30. The third-order valence-electron chi connectivity index (χ3n) is 13.3. The summed E-state index contributed by atoms with van der Waals surface area (Å²) in [5.74, 6) is -0.943. The minimum absolute atomic E-state index is 0.0955. The molecule has 0 aliphatic heterocycles. The molecule has 0 aromatic rings. The minimum Gasteiger partial charge on any atom is -0.462 e. The van der Waals surface area contributed by atoms with Crippen molar-refractivity contribution in [2.75, 3.05) is 13.2 Å². The van der Waals surface area contributed by atoms with Crippen molar-refractivity contribution < 1.29 is 28.6 Å². The highest BCUT2D eigenvalue weighted by Gasteiger charge is 2.19. The monoisotopic (exact) mass is 1040 g/mol. The molecule has 1 atom stereocenters. The van der Waals surface area contributed by atoms with Crippen molar-refractivity contribution in [3.8, 4) is 0 Å². The largest absolute Gasteiger partial charge is 0.462 e. The molecule has 0 aliphatic rings. The van der Waals surface area contributed by atoms with E-state index in [1.807, 2.05) is 0 Å². The molecule has 0 aromatic carbocycles. The van der Waals surface area contributed by atoms with Gasteiger partial charge in [0.15, 0.2) is 6.10 Å². The first-order valence-electron chi connectivity index (χ1n) is 31.4. The fourth-order valence-corrected chi connectivity index (χ4v) is 8.57. The second kappa shape index (κ2) is 62.6. The van der Waals surface area contributed by atoms with Crippen LogP contribution in [0.2, 0.25) is 0 Å². The maximum absolute atomic E-state index is 12.8. The summed E-state index contributed by atoms with van der Waals surface area (Å²) in [5, 5.41) is 0. The number of hydrogen-bond donors (Lipinski definition) is 0. The van der Waals surface area contributed by atoms with Crippen molar-refractivity contribution in [3.63, 3.8) is 0 Å². The summed E-state index contributed by atoms with van der Waals surface area (Å²) in [6.07, 6.45) is 85.5. The summed E-state index contributed by atoms with van der Waals surface area (Å²) >= 11 is 0. The quantitative estimate of drug-likeness (QED) is 0.0261. The van der Waals surface area contributed by atoms with E-state index in [0.717, 1.165) is 103 Å². The van der Waals surface area contributed by atoms with Crippen LogP contribution in [0.5, 0.6) is 0 Å². The molecule has 1 unspecified atom stereocenters. The van der Waals surface area contributed by atoms with Gasteiger partial charge in [0, 0.05) is 19.3 Å². The third kappa shape index (κ3) is 60.8. The van der Waals surface area contributed by atoms with Gasteiger partial charge in [-0.1, -0.05) is 271 Å². The Morgan fingerprint density at radius 2 is 0.520 bits per heavy atom. The molecule has 0 amide bonds. The molecule has 0 rings (SSSR count). The zero-order chi connectivity index (χ0) is 54.3. The Morgan fingerprint density at radius 3 is 0.840 bits per heavy atom. The molecule has 0 saturated carbocycles. The van der Waals surface area contributed by atoms with E-state index in [-0.39, 0.29) is 37.5 Å². The molecule has 0 heterocycles. The van der Waals surface area contributed by atoms with Gasteiger partial charge >= 0.3 is 17.9 Å². The highest BCUT2D eigenvalue weighted by Crippen LogP contribution is 2.16. The summed E-state index contributed by atoms with van der Waals surface area (Å²) in [6, 6.07) is 0. The number of carbonyl (C=O) groups excluding carboxylic acids is 3. The predicted molar refractivity (Wildman–Crippen MR) is 325 cm³/mol. The average molecular weight is 1040 g/mol. The third-order valence-corrected chi connectivity index (χ3v) is 13.3. The number of carbonyl (C=O) groups is 3. The first kappa shape index (κ1) is 71.1. The zero-order valence-corrected chi connectivity index (χ0v) is 49.0. The topological polar surface area (TPSA) is 78.9 Å². The highest BCUT2D eigenvalue weighted by atomic mass is 16.6. The normalized spacial score (nSPS) is 12.8. The smallest absolute Gasteiger partial charge is 0.306 e. The van der Waals surface area contributed by atoms with Crippen molar-refractivity contribution >= 4 is 17.9 Å². The van der Waals surface area contributed by atoms with Crippen LogP contribution in [0, 0.1) is 0 Å². The van der Waals surface area contributed by atoms with E-state index >= 15 is 0 Å². The Morgan fingerprint density at radius 1 is 0.280 bits per heavy atom. The summed E-state index contributed by atoms with van der Waals surface area (Å²) in [4.78, 5) is 38.0. The van der Waals surface area contributed by atoms with Gasteiger partial charge in [-0.3, -0.25) is 14.4 Å². The van der Waals surface area contributed by atoms with Crippen molar-refractivity contribution in [1.82, 2.24) is 0 Å². The molecule has 6 heteroatoms. The Labute approximate surface area is 463 Å². The van der Waals surface area contributed by atoms with Crippen LogP contribution in [0.3, 0.4) is 0 Å². The molecular weight excluding hydrogens is 925 g/mol. The van der Waals surface area contributed by atoms with Crippen LogP contribution in [0.4, 0.5) is 0 Å². The number of hydrogen-bond acceptors (Lipinski definition) is 6. The van der Waals surface area contributed by atoms with Gasteiger partial charge in [0.2, 0.25) is 0 Å². The fourth-order valence-electron chi connectivity index (χ4n) is 8.57. The summed E-state index contributed by atoms with van der Waals surface area (Å²) in [7, 11) is 0. The SMILES string of the molecule is CC/C=C\C/C=C\C/C=C\C/C=C\C/C=C\C/C=C\CCCCC(=O)OC(COC(=O)CCCCCCCCC)COC(=O)CCCCCCCCCCCCCCCC/C=C\C/C=C\C/C=C\CCCCCCC. The van der Waals surface area contributed by atoms with Gasteiger partial charge in [0.1, 0.15) is 13.2 Å². The lowest BCUT2D eigenvalue weighted by atomic mass is 10.0. The van der Waals surface area contributed by atoms with E-state index in [1.54, 1.807) is 0 Å². The van der Waals surface area contributed by atoms with Crippen LogP contribution in [0.1, 0.15) is 290 Å². The lowest BCUT2D eigenvalue weighted by molar-refractivity contribution is -0.167. The van der Waals surface area contributed by atoms with Gasteiger partial charge in [0.25, 0.3) is 0 Å². The van der Waals surface area contributed by atoms with Crippen molar-refractivity contribution in [3.05, 3.63) is 109 Å². The number of esters is 3. The molecule has 0 aliphatic carbocycles. The average Bonchev–Trinajstić information content (AvgIpc) is 3.41. The molecule has 0 aromatic heterocycles. The first-order chi connectivity index (χ1) is 37.0. The fraction of sp³-hybridized carbons (Fsp3) is 0.696. The molecule has 0 fully saturated rings. The van der Waals surface area contributed by atoms with Gasteiger partial charge in [-0.05, 0) is 109 Å². The molecule has 0 bridgehead atoms. The standard InChI is InChI=1S/C69H116O6/c1-4-7-10-13-16-18-20-22-24-26-28-30-31-32-33-34-35-36-37-39-40-42-44-46-48-50-53-56-59-62-68(71)74-65-66(64-73-67(70)61-58-55-52-15-12-9-6-3)75-69(72)63-60-57-54-51-49-47-45-43-41-38-29-27-25-23-21-19-17-14-11-8-5-2/h8,11,17,19-20,22-23,25-26,28-29,31-32,38,43,45,49,51,66H,4-7,9-10,12-16,18,21,24,27,30,33-37,39-42,44,46-48,50,52-65H2,1-3H3/b11-8-,19-17-,22-20-,25-23-,28-26-,32-31-,38-29-,45-43-,51-49-. The molecule has 428 valence electrons. The second-order valence-electron chi connectivity index (χ2n) is 20.6. The summed E-state index contributed by atoms with van der Waals surface area (Å²) in [6.45, 7) is 6.44. The molecular formula is C69H116O6. The second-order valence-corrected chi connectivity index (χ2v) is 20.6. The summed E-state index contributed by atoms with van der Waals surface area (Å²) < 4.78 is 16.8. The van der Waals surface area contributed by atoms with Crippen molar-refractivity contribution in [1.29, 1.82) is 0 Å². The number of allylic oxidation sites excluding steroid dienone is 18. The lowest BCUT2D eigenvalue weighted by Gasteiger charge is -2.18. The van der Waals surface area contributed by atoms with Gasteiger partial charge in [-0.2, -0.15) is 0 Å². The van der Waals surface area contributed by atoms with Crippen LogP contribution < -0.4 is 0 Å². The van der Waals surface area contributed by atoms with Crippen LogP contribution in [-0.2, 0) is 28.6 Å². The Bertz CT molecular complexity index is 1520. The molecule has 0 saturated heterocycles. The molecule has 0 spiro atoms. The van der Waals surface area contributed by atoms with E-state index in [0.29, 0.717) is 19.3 Å². The zero-order valence-electron chi connectivity index (χ0n) is 49.0. The number of rotatable bonds is 56. The molecule has 6 nitrogen and oxygen atoms in total. The van der Waals surface area contributed by atoms with Crippen molar-refractivity contribution in [2.45, 2.75) is 297 Å². The summed E-state index contributed by atoms with van der Waals surface area (Å²) in [5.41, 5.74) is 0. The van der Waals surface area contributed by atoms with E-state index in [4.69, 9.17) is 14.2 Å². The Balaban J connectivity index is 4.19. The number of ether oxygens (including phenoxy) is 3. The van der Waals surface area contributed by atoms with Crippen LogP contribution in [0.25, 0.3) is 0 Å². The Kier molecular flexibility index (Phi) is 59.3. The molecule has 0 radical (unpaired) electrons. The van der Waals surface area contributed by atoms with Gasteiger partial charge in [-0.25, -0.2) is 0 Å². The van der Waals surface area contributed by atoms with Gasteiger partial charge < -0.3 is 14.2 Å². The highest BCUT2D eigenvalue weighted by molar-refractivity contribution is 5.71. The van der Waals surface area contributed by atoms with Crippen LogP contribution >= 0.6 is 0 Å². The van der Waals surface area contributed by atoms with Gasteiger partial charge in [0.05, 0.1) is 0 Å². The van der Waals surface area contributed by atoms with E-state index < -0.39 is 6.10 Å². The maximum Gasteiger partial charge on any atom is 0.306 e. The first-order valence-corrected chi connectivity index (χ1v) is 31.4. The maximum atomic E-state index is 12.8. The van der Waals surface area contributed by atoms with Gasteiger partial charge in [-0.15, -0.1) is 0 Å². The molecule has 75 heavy (non-hydrogen) atoms. The van der Waals surface area contributed by atoms with Crippen LogP contribution in [0.15, 0.2) is 109 Å².